The number of ether oxygens (including phenoxy) is 1. The molecule has 0 aliphatic carbocycles. The fraction of sp³-hybridized carbons (Fsp3) is 0.462. The summed E-state index contributed by atoms with van der Waals surface area (Å²) in [4.78, 5) is 11.9. The lowest BCUT2D eigenvalue weighted by Crippen LogP contribution is -2.28. The summed E-state index contributed by atoms with van der Waals surface area (Å²) in [5.41, 5.74) is 0.0918. The Labute approximate surface area is 101 Å². The normalized spacial score (nSPS) is 12.2. The van der Waals surface area contributed by atoms with Gasteiger partial charge in [-0.3, -0.25) is 4.79 Å². The molecule has 0 saturated heterocycles. The van der Waals surface area contributed by atoms with Crippen molar-refractivity contribution in [2.45, 2.75) is 26.3 Å². The van der Waals surface area contributed by atoms with E-state index < -0.39 is 5.82 Å². The fourth-order valence-corrected chi connectivity index (χ4v) is 1.69. The first-order valence-corrected chi connectivity index (χ1v) is 5.69. The quantitative estimate of drug-likeness (QED) is 0.775. The lowest BCUT2D eigenvalue weighted by Gasteiger charge is -2.12. The van der Waals surface area contributed by atoms with Crippen LogP contribution in [0.25, 0.3) is 0 Å². The molecule has 0 saturated carbocycles. The van der Waals surface area contributed by atoms with Crippen LogP contribution in [0.3, 0.4) is 0 Å². The Hall–Kier alpha value is -1.42. The second-order valence-electron chi connectivity index (χ2n) is 3.91. The van der Waals surface area contributed by atoms with E-state index in [-0.39, 0.29) is 29.6 Å². The van der Waals surface area contributed by atoms with Crippen LogP contribution in [0.4, 0.5) is 4.39 Å². The van der Waals surface area contributed by atoms with Crippen molar-refractivity contribution in [2.75, 3.05) is 13.7 Å². The number of benzene rings is 1. The lowest BCUT2D eigenvalue weighted by atomic mass is 10.0. The number of nitrogens with one attached hydrogen (secondary N) is 1. The van der Waals surface area contributed by atoms with E-state index in [9.17, 15) is 9.18 Å². The minimum absolute atomic E-state index is 0.0399. The molecule has 94 valence electrons. The Balaban J connectivity index is 2.82. The second kappa shape index (κ2) is 6.35. The molecule has 0 spiro atoms. The van der Waals surface area contributed by atoms with Gasteiger partial charge in [0, 0.05) is 12.5 Å². The minimum atomic E-state index is -0.580. The maximum Gasteiger partial charge on any atom is 0.175 e. The highest BCUT2D eigenvalue weighted by atomic mass is 19.1. The Morgan fingerprint density at radius 1 is 1.53 bits per heavy atom. The van der Waals surface area contributed by atoms with Crippen molar-refractivity contribution in [3.05, 3.63) is 29.6 Å². The maximum absolute atomic E-state index is 13.8. The van der Waals surface area contributed by atoms with Gasteiger partial charge in [0.15, 0.2) is 17.3 Å². The molecule has 0 aliphatic rings. The predicted octanol–water partition coefficient (Wildman–Crippen LogP) is 2.41. The number of Topliss-reactive ketones (excluding diaryl/α,β-unsaturated/α-hetero) is 1. The van der Waals surface area contributed by atoms with Crippen molar-refractivity contribution in [1.82, 2.24) is 5.32 Å². The molecule has 3 nitrogen and oxygen atoms in total. The van der Waals surface area contributed by atoms with Crippen LogP contribution in [0.1, 0.15) is 30.6 Å². The summed E-state index contributed by atoms with van der Waals surface area (Å²) in [6.07, 6.45) is 0.276. The summed E-state index contributed by atoms with van der Waals surface area (Å²) in [6, 6.07) is 4.64. The highest BCUT2D eigenvalue weighted by molar-refractivity contribution is 5.97. The molecule has 0 heterocycles. The third kappa shape index (κ3) is 3.53. The molecular formula is C13H18FNO2. The number of methoxy groups -OCH3 is 1. The van der Waals surface area contributed by atoms with Crippen molar-refractivity contribution in [2.24, 2.45) is 0 Å². The number of hydrogen-bond acceptors (Lipinski definition) is 3. The summed E-state index contributed by atoms with van der Waals surface area (Å²) >= 11 is 0. The molecule has 0 aromatic heterocycles. The second-order valence-corrected chi connectivity index (χ2v) is 3.91. The van der Waals surface area contributed by atoms with Gasteiger partial charge in [-0.2, -0.15) is 0 Å². The van der Waals surface area contributed by atoms with Gasteiger partial charge in [-0.25, -0.2) is 4.39 Å². The molecule has 0 fully saturated rings. The standard InChI is InChI=1S/C13H18FNO2/c1-4-15-9(2)8-11(16)10-6-5-7-12(17-3)13(10)14/h5-7,9,15H,4,8H2,1-3H3. The minimum Gasteiger partial charge on any atom is -0.494 e. The molecule has 0 aliphatic heterocycles. The molecule has 1 rings (SSSR count). The van der Waals surface area contributed by atoms with Crippen LogP contribution in [0, 0.1) is 5.82 Å². The SMILES string of the molecule is CCNC(C)CC(=O)c1cccc(OC)c1F. The van der Waals surface area contributed by atoms with Crippen molar-refractivity contribution in [3.63, 3.8) is 0 Å². The Morgan fingerprint density at radius 2 is 2.24 bits per heavy atom. The number of ketones is 1. The summed E-state index contributed by atoms with van der Waals surface area (Å²) in [5, 5.41) is 3.12. The number of hydrogen-bond donors (Lipinski definition) is 1. The monoisotopic (exact) mass is 239 g/mol. The van der Waals surface area contributed by atoms with Crippen LogP contribution in [0.15, 0.2) is 18.2 Å². The van der Waals surface area contributed by atoms with E-state index in [2.05, 4.69) is 5.32 Å². The summed E-state index contributed by atoms with van der Waals surface area (Å²) < 4.78 is 18.6. The van der Waals surface area contributed by atoms with Gasteiger partial charge in [-0.15, -0.1) is 0 Å². The van der Waals surface area contributed by atoms with E-state index in [0.717, 1.165) is 6.54 Å². The zero-order chi connectivity index (χ0) is 12.8. The zero-order valence-electron chi connectivity index (χ0n) is 10.4. The topological polar surface area (TPSA) is 38.3 Å². The first-order valence-electron chi connectivity index (χ1n) is 5.69. The molecule has 1 aromatic carbocycles. The zero-order valence-corrected chi connectivity index (χ0v) is 10.4. The van der Waals surface area contributed by atoms with E-state index >= 15 is 0 Å². The predicted molar refractivity (Wildman–Crippen MR) is 65.0 cm³/mol. The highest BCUT2D eigenvalue weighted by Crippen LogP contribution is 2.21. The smallest absolute Gasteiger partial charge is 0.175 e. The van der Waals surface area contributed by atoms with E-state index in [1.54, 1.807) is 6.07 Å². The Bertz CT molecular complexity index is 393. The fourth-order valence-electron chi connectivity index (χ4n) is 1.69. The van der Waals surface area contributed by atoms with Gasteiger partial charge in [-0.05, 0) is 25.6 Å². The van der Waals surface area contributed by atoms with E-state index in [0.29, 0.717) is 0 Å². The van der Waals surface area contributed by atoms with Gasteiger partial charge in [0.25, 0.3) is 0 Å². The van der Waals surface area contributed by atoms with Crippen LogP contribution in [0.2, 0.25) is 0 Å². The third-order valence-electron chi connectivity index (χ3n) is 2.53. The number of carbonyl (C=O) groups is 1. The molecule has 1 aromatic rings. The Kier molecular flexibility index (Phi) is 5.10. The maximum atomic E-state index is 13.8. The highest BCUT2D eigenvalue weighted by Gasteiger charge is 2.17. The van der Waals surface area contributed by atoms with Gasteiger partial charge in [0.05, 0.1) is 12.7 Å². The van der Waals surface area contributed by atoms with Gasteiger partial charge in [-0.1, -0.05) is 13.0 Å². The summed E-state index contributed by atoms with van der Waals surface area (Å²) in [7, 11) is 1.38. The van der Waals surface area contributed by atoms with Crippen molar-refractivity contribution in [1.29, 1.82) is 0 Å². The first-order chi connectivity index (χ1) is 8.10. The molecule has 0 radical (unpaired) electrons. The number of rotatable bonds is 6. The summed E-state index contributed by atoms with van der Waals surface area (Å²) in [6.45, 7) is 4.65. The van der Waals surface area contributed by atoms with Crippen molar-refractivity contribution in [3.8, 4) is 5.75 Å². The molecular weight excluding hydrogens is 221 g/mol. The van der Waals surface area contributed by atoms with Gasteiger partial charge in [0.2, 0.25) is 0 Å². The van der Waals surface area contributed by atoms with Crippen LogP contribution < -0.4 is 10.1 Å². The van der Waals surface area contributed by atoms with Gasteiger partial charge in [0.1, 0.15) is 0 Å². The van der Waals surface area contributed by atoms with Crippen LogP contribution in [-0.2, 0) is 0 Å². The number of carbonyl (C=O) groups excluding carboxylic acids is 1. The van der Waals surface area contributed by atoms with Crippen molar-refractivity contribution < 1.29 is 13.9 Å². The largest absolute Gasteiger partial charge is 0.494 e. The van der Waals surface area contributed by atoms with E-state index in [1.165, 1.54) is 19.2 Å². The Morgan fingerprint density at radius 3 is 2.82 bits per heavy atom. The van der Waals surface area contributed by atoms with Crippen molar-refractivity contribution >= 4 is 5.78 Å². The molecule has 0 bridgehead atoms. The summed E-state index contributed by atoms with van der Waals surface area (Å²) in [5.74, 6) is -0.689. The first kappa shape index (κ1) is 13.6. The third-order valence-corrected chi connectivity index (χ3v) is 2.53. The molecule has 4 heteroatoms. The number of halogens is 1. The van der Waals surface area contributed by atoms with Crippen LogP contribution in [0.5, 0.6) is 5.75 Å². The molecule has 0 amide bonds. The van der Waals surface area contributed by atoms with E-state index in [4.69, 9.17) is 4.74 Å². The molecule has 1 atom stereocenters. The van der Waals surface area contributed by atoms with Gasteiger partial charge < -0.3 is 10.1 Å². The van der Waals surface area contributed by atoms with Crippen LogP contribution >= 0.6 is 0 Å². The molecule has 1 unspecified atom stereocenters. The average Bonchev–Trinajstić information content (AvgIpc) is 2.29. The average molecular weight is 239 g/mol. The van der Waals surface area contributed by atoms with Crippen LogP contribution in [-0.4, -0.2) is 25.5 Å². The lowest BCUT2D eigenvalue weighted by molar-refractivity contribution is 0.0967. The van der Waals surface area contributed by atoms with Gasteiger partial charge >= 0.3 is 0 Å². The molecule has 1 N–H and O–H groups in total. The van der Waals surface area contributed by atoms with E-state index in [1.807, 2.05) is 13.8 Å². The molecule has 17 heavy (non-hydrogen) atoms.